The van der Waals surface area contributed by atoms with Crippen molar-refractivity contribution in [3.8, 4) is 11.5 Å². The van der Waals surface area contributed by atoms with Crippen LogP contribution in [0.1, 0.15) is 24.1 Å². The fourth-order valence-electron chi connectivity index (χ4n) is 2.24. The third kappa shape index (κ3) is 3.42. The number of hydrogen-bond acceptors (Lipinski definition) is 3. The molecule has 0 heterocycles. The molecule has 2 aromatic carbocycles. The summed E-state index contributed by atoms with van der Waals surface area (Å²) in [5, 5.41) is 4.18. The second kappa shape index (κ2) is 6.72. The van der Waals surface area contributed by atoms with Crippen LogP contribution in [0.15, 0.2) is 36.4 Å². The zero-order valence-corrected chi connectivity index (χ0v) is 13.5. The summed E-state index contributed by atoms with van der Waals surface area (Å²) in [6, 6.07) is 11.9. The van der Waals surface area contributed by atoms with Gasteiger partial charge in [-0.05, 0) is 43.2 Å². The molecule has 0 aliphatic carbocycles. The summed E-state index contributed by atoms with van der Waals surface area (Å²) >= 11 is 6.26. The Morgan fingerprint density at radius 1 is 1.05 bits per heavy atom. The van der Waals surface area contributed by atoms with Crippen molar-refractivity contribution in [1.29, 1.82) is 0 Å². The van der Waals surface area contributed by atoms with Gasteiger partial charge < -0.3 is 14.8 Å². The van der Waals surface area contributed by atoms with Crippen molar-refractivity contribution in [3.63, 3.8) is 0 Å². The van der Waals surface area contributed by atoms with Crippen molar-refractivity contribution in [2.45, 2.75) is 19.9 Å². The quantitative estimate of drug-likeness (QED) is 0.857. The van der Waals surface area contributed by atoms with Crippen molar-refractivity contribution >= 4 is 17.3 Å². The van der Waals surface area contributed by atoms with E-state index in [1.165, 1.54) is 0 Å². The summed E-state index contributed by atoms with van der Waals surface area (Å²) in [6.07, 6.45) is 0. The minimum absolute atomic E-state index is 0.100. The molecule has 0 saturated heterocycles. The Labute approximate surface area is 130 Å². The Bertz CT molecular complexity index is 608. The summed E-state index contributed by atoms with van der Waals surface area (Å²) < 4.78 is 10.6. The van der Waals surface area contributed by atoms with E-state index in [1.54, 1.807) is 14.2 Å². The molecule has 1 atom stereocenters. The van der Waals surface area contributed by atoms with E-state index in [1.807, 2.05) is 43.3 Å². The van der Waals surface area contributed by atoms with Gasteiger partial charge in [-0.25, -0.2) is 0 Å². The molecule has 3 nitrogen and oxygen atoms in total. The van der Waals surface area contributed by atoms with Crippen LogP contribution in [0.2, 0.25) is 5.02 Å². The van der Waals surface area contributed by atoms with E-state index >= 15 is 0 Å². The van der Waals surface area contributed by atoms with Crippen LogP contribution in [0.3, 0.4) is 0 Å². The molecule has 2 rings (SSSR count). The third-order valence-corrected chi connectivity index (χ3v) is 3.81. The number of nitrogens with one attached hydrogen (secondary N) is 1. The molecular formula is C17H20ClNO2. The number of methoxy groups -OCH3 is 2. The monoisotopic (exact) mass is 305 g/mol. The lowest BCUT2D eigenvalue weighted by molar-refractivity contribution is 0.354. The molecule has 2 aromatic rings. The van der Waals surface area contributed by atoms with Crippen molar-refractivity contribution in [3.05, 3.63) is 52.5 Å². The van der Waals surface area contributed by atoms with E-state index < -0.39 is 0 Å². The van der Waals surface area contributed by atoms with E-state index in [0.717, 1.165) is 33.3 Å². The van der Waals surface area contributed by atoms with E-state index in [-0.39, 0.29) is 6.04 Å². The molecule has 0 fully saturated rings. The molecule has 0 amide bonds. The zero-order valence-electron chi connectivity index (χ0n) is 12.7. The Hall–Kier alpha value is -1.87. The van der Waals surface area contributed by atoms with Crippen molar-refractivity contribution in [1.82, 2.24) is 0 Å². The first-order chi connectivity index (χ1) is 10.1. The first kappa shape index (κ1) is 15.5. The zero-order chi connectivity index (χ0) is 15.4. The van der Waals surface area contributed by atoms with Gasteiger partial charge in [-0.1, -0.05) is 29.8 Å². The lowest BCUT2D eigenvalue weighted by atomic mass is 10.1. The molecule has 1 N–H and O–H groups in total. The molecule has 1 unspecified atom stereocenters. The first-order valence-corrected chi connectivity index (χ1v) is 7.18. The fraction of sp³-hybridized carbons (Fsp3) is 0.294. The number of halogens is 1. The van der Waals surface area contributed by atoms with Crippen LogP contribution in [-0.4, -0.2) is 14.2 Å². The second-order valence-electron chi connectivity index (χ2n) is 4.91. The maximum Gasteiger partial charge on any atom is 0.161 e. The number of anilines is 1. The predicted octanol–water partition coefficient (Wildman–Crippen LogP) is 4.84. The topological polar surface area (TPSA) is 30.5 Å². The van der Waals surface area contributed by atoms with Gasteiger partial charge in [0.15, 0.2) is 11.5 Å². The highest BCUT2D eigenvalue weighted by molar-refractivity contribution is 6.33. The largest absolute Gasteiger partial charge is 0.493 e. The van der Waals surface area contributed by atoms with Gasteiger partial charge in [-0.2, -0.15) is 0 Å². The maximum atomic E-state index is 6.26. The van der Waals surface area contributed by atoms with Gasteiger partial charge in [0.2, 0.25) is 0 Å². The number of aryl methyl sites for hydroxylation is 1. The number of benzene rings is 2. The van der Waals surface area contributed by atoms with Gasteiger partial charge in [0, 0.05) is 6.04 Å². The number of rotatable bonds is 5. The van der Waals surface area contributed by atoms with Crippen LogP contribution >= 0.6 is 11.6 Å². The average Bonchev–Trinajstić information content (AvgIpc) is 2.50. The van der Waals surface area contributed by atoms with E-state index in [2.05, 4.69) is 12.2 Å². The van der Waals surface area contributed by atoms with Crippen LogP contribution < -0.4 is 14.8 Å². The molecule has 0 aliphatic heterocycles. The summed E-state index contributed by atoms with van der Waals surface area (Å²) in [5.41, 5.74) is 3.18. The Balaban J connectivity index is 2.26. The van der Waals surface area contributed by atoms with Crippen molar-refractivity contribution < 1.29 is 9.47 Å². The molecule has 0 spiro atoms. The molecular weight excluding hydrogens is 286 g/mol. The molecule has 0 saturated carbocycles. The lowest BCUT2D eigenvalue weighted by Gasteiger charge is -2.19. The second-order valence-corrected chi connectivity index (χ2v) is 5.32. The maximum absolute atomic E-state index is 6.26. The molecule has 21 heavy (non-hydrogen) atoms. The molecule has 0 bridgehead atoms. The van der Waals surface area contributed by atoms with Crippen LogP contribution in [0, 0.1) is 6.92 Å². The smallest absolute Gasteiger partial charge is 0.161 e. The molecule has 0 radical (unpaired) electrons. The average molecular weight is 306 g/mol. The van der Waals surface area contributed by atoms with Gasteiger partial charge in [-0.15, -0.1) is 0 Å². The van der Waals surface area contributed by atoms with Crippen LogP contribution in [0.4, 0.5) is 5.69 Å². The summed E-state index contributed by atoms with van der Waals surface area (Å²) in [5.74, 6) is 1.45. The number of hydrogen-bond donors (Lipinski definition) is 1. The minimum Gasteiger partial charge on any atom is -0.493 e. The fourth-order valence-corrected chi connectivity index (χ4v) is 2.51. The standard InChI is InChI=1S/C17H20ClNO2/c1-11-6-5-7-14(18)17(11)19-12(2)13-8-9-15(20-3)16(10-13)21-4/h5-10,12,19H,1-4H3. The van der Waals surface area contributed by atoms with Crippen LogP contribution in [-0.2, 0) is 0 Å². The normalized spacial score (nSPS) is 11.9. The summed E-state index contributed by atoms with van der Waals surface area (Å²) in [6.45, 7) is 4.12. The van der Waals surface area contributed by atoms with Crippen molar-refractivity contribution in [2.24, 2.45) is 0 Å². The van der Waals surface area contributed by atoms with Crippen molar-refractivity contribution in [2.75, 3.05) is 19.5 Å². The van der Waals surface area contributed by atoms with Gasteiger partial charge in [0.1, 0.15) is 0 Å². The highest BCUT2D eigenvalue weighted by Crippen LogP contribution is 2.33. The van der Waals surface area contributed by atoms with Crippen LogP contribution in [0.25, 0.3) is 0 Å². The highest BCUT2D eigenvalue weighted by atomic mass is 35.5. The highest BCUT2D eigenvalue weighted by Gasteiger charge is 2.12. The summed E-state index contributed by atoms with van der Waals surface area (Å²) in [4.78, 5) is 0. The Morgan fingerprint density at radius 3 is 2.38 bits per heavy atom. The number of ether oxygens (including phenoxy) is 2. The third-order valence-electron chi connectivity index (χ3n) is 3.49. The molecule has 112 valence electrons. The Morgan fingerprint density at radius 2 is 1.76 bits per heavy atom. The SMILES string of the molecule is COc1ccc(C(C)Nc2c(C)cccc2Cl)cc1OC. The van der Waals surface area contributed by atoms with Gasteiger partial charge in [0.25, 0.3) is 0 Å². The van der Waals surface area contributed by atoms with Crippen LogP contribution in [0.5, 0.6) is 11.5 Å². The van der Waals surface area contributed by atoms with E-state index in [4.69, 9.17) is 21.1 Å². The first-order valence-electron chi connectivity index (χ1n) is 6.80. The lowest BCUT2D eigenvalue weighted by Crippen LogP contribution is -2.08. The van der Waals surface area contributed by atoms with E-state index in [0.29, 0.717) is 0 Å². The summed E-state index contributed by atoms with van der Waals surface area (Å²) in [7, 11) is 3.27. The minimum atomic E-state index is 0.100. The molecule has 4 heteroatoms. The Kier molecular flexibility index (Phi) is 4.97. The van der Waals surface area contributed by atoms with Gasteiger partial charge in [0.05, 0.1) is 24.9 Å². The van der Waals surface area contributed by atoms with Gasteiger partial charge >= 0.3 is 0 Å². The number of para-hydroxylation sites is 1. The molecule has 0 aromatic heterocycles. The van der Waals surface area contributed by atoms with E-state index in [9.17, 15) is 0 Å². The molecule has 0 aliphatic rings. The van der Waals surface area contributed by atoms with Gasteiger partial charge in [-0.3, -0.25) is 0 Å². The predicted molar refractivity (Wildman–Crippen MR) is 87.8 cm³/mol.